The molecule has 0 bridgehead atoms. The molecular formula is C23H18N2O4S. The van der Waals surface area contributed by atoms with Gasteiger partial charge in [0.2, 0.25) is 6.79 Å². The molecule has 2 heterocycles. The third-order valence-corrected chi connectivity index (χ3v) is 6.15. The number of ether oxygens (including phenoxy) is 2. The average molecular weight is 418 g/mol. The summed E-state index contributed by atoms with van der Waals surface area (Å²) in [5.74, 6) is 1.06. The first-order chi connectivity index (χ1) is 14.5. The molecule has 3 aromatic rings. The van der Waals surface area contributed by atoms with Gasteiger partial charge < -0.3 is 14.8 Å². The molecule has 2 aromatic carbocycles. The van der Waals surface area contributed by atoms with E-state index in [-0.39, 0.29) is 18.5 Å². The van der Waals surface area contributed by atoms with E-state index in [1.165, 1.54) is 18.3 Å². The number of fused-ring (bicyclic) bond motifs is 1. The Labute approximate surface area is 177 Å². The molecule has 0 spiro atoms. The fourth-order valence-corrected chi connectivity index (χ4v) is 4.40. The number of thiophene rings is 1. The van der Waals surface area contributed by atoms with Gasteiger partial charge in [-0.05, 0) is 49.2 Å². The first-order valence-corrected chi connectivity index (χ1v) is 10.1. The number of anilines is 1. The summed E-state index contributed by atoms with van der Waals surface area (Å²) in [5.41, 5.74) is 3.31. The molecular weight excluding hydrogens is 400 g/mol. The molecule has 0 fully saturated rings. The van der Waals surface area contributed by atoms with Gasteiger partial charge in [0.1, 0.15) is 11.1 Å². The van der Waals surface area contributed by atoms with Crippen LogP contribution in [0.15, 0.2) is 42.5 Å². The highest BCUT2D eigenvalue weighted by Gasteiger charge is 2.19. The van der Waals surface area contributed by atoms with E-state index in [9.17, 15) is 14.9 Å². The minimum absolute atomic E-state index is 0.0595. The number of hydrogen-bond donors (Lipinski definition) is 1. The van der Waals surface area contributed by atoms with Gasteiger partial charge in [0.05, 0.1) is 5.56 Å². The van der Waals surface area contributed by atoms with Crippen molar-refractivity contribution in [2.45, 2.75) is 20.3 Å². The smallest absolute Gasteiger partial charge is 0.256 e. The second kappa shape index (κ2) is 8.01. The van der Waals surface area contributed by atoms with Crippen molar-refractivity contribution < 1.29 is 19.1 Å². The highest BCUT2D eigenvalue weighted by molar-refractivity contribution is 7.16. The van der Waals surface area contributed by atoms with E-state index in [4.69, 9.17) is 9.47 Å². The van der Waals surface area contributed by atoms with Crippen LogP contribution in [0, 0.1) is 18.3 Å². The molecule has 0 aliphatic carbocycles. The fourth-order valence-electron chi connectivity index (χ4n) is 3.22. The van der Waals surface area contributed by atoms with Gasteiger partial charge >= 0.3 is 0 Å². The summed E-state index contributed by atoms with van der Waals surface area (Å²) >= 11 is 1.39. The largest absolute Gasteiger partial charge is 0.454 e. The van der Waals surface area contributed by atoms with Crippen molar-refractivity contribution in [1.29, 1.82) is 5.26 Å². The quantitative estimate of drug-likeness (QED) is 0.607. The molecule has 150 valence electrons. The lowest BCUT2D eigenvalue weighted by Crippen LogP contribution is -2.12. The zero-order valence-corrected chi connectivity index (χ0v) is 17.3. The molecule has 0 atom stereocenters. The Bertz CT molecular complexity index is 1190. The van der Waals surface area contributed by atoms with Crippen LogP contribution in [0.2, 0.25) is 0 Å². The number of nitrogens with one attached hydrogen (secondary N) is 1. The summed E-state index contributed by atoms with van der Waals surface area (Å²) in [7, 11) is 0. The molecule has 1 amide bonds. The summed E-state index contributed by atoms with van der Waals surface area (Å²) in [4.78, 5) is 25.0. The lowest BCUT2D eigenvalue weighted by atomic mass is 10.1. The zero-order chi connectivity index (χ0) is 21.3. The van der Waals surface area contributed by atoms with Crippen LogP contribution in [0.3, 0.4) is 0 Å². The van der Waals surface area contributed by atoms with Gasteiger partial charge in [0.25, 0.3) is 5.91 Å². The van der Waals surface area contributed by atoms with Crippen molar-refractivity contribution in [2.24, 2.45) is 0 Å². The van der Waals surface area contributed by atoms with Crippen molar-refractivity contribution in [1.82, 2.24) is 0 Å². The molecule has 30 heavy (non-hydrogen) atoms. The predicted molar refractivity (Wildman–Crippen MR) is 114 cm³/mol. The number of carbonyl (C=O) groups excluding carboxylic acids is 2. The topological polar surface area (TPSA) is 88.4 Å². The van der Waals surface area contributed by atoms with Crippen molar-refractivity contribution >= 4 is 28.0 Å². The van der Waals surface area contributed by atoms with E-state index in [1.807, 2.05) is 25.1 Å². The first kappa shape index (κ1) is 19.7. The summed E-state index contributed by atoms with van der Waals surface area (Å²) in [6.45, 7) is 3.58. The number of nitrogens with zero attached hydrogens (tertiary/aromatic N) is 1. The van der Waals surface area contributed by atoms with Gasteiger partial charge in [-0.25, -0.2) is 0 Å². The van der Waals surface area contributed by atoms with Gasteiger partial charge in [-0.3, -0.25) is 9.59 Å². The van der Waals surface area contributed by atoms with Crippen molar-refractivity contribution in [3.8, 4) is 17.6 Å². The van der Waals surface area contributed by atoms with Crippen LogP contribution in [0.1, 0.15) is 49.2 Å². The van der Waals surface area contributed by atoms with Crippen LogP contribution in [0.4, 0.5) is 5.00 Å². The second-order valence-electron chi connectivity index (χ2n) is 6.92. The van der Waals surface area contributed by atoms with Gasteiger partial charge in [-0.15, -0.1) is 11.3 Å². The van der Waals surface area contributed by atoms with Crippen molar-refractivity contribution in [2.75, 3.05) is 12.1 Å². The van der Waals surface area contributed by atoms with Crippen molar-refractivity contribution in [3.05, 3.63) is 75.2 Å². The summed E-state index contributed by atoms with van der Waals surface area (Å²) in [5, 5.41) is 13.0. The van der Waals surface area contributed by atoms with E-state index < -0.39 is 0 Å². The molecule has 0 radical (unpaired) electrons. The maximum atomic E-state index is 12.6. The Kier molecular flexibility index (Phi) is 5.25. The second-order valence-corrected chi connectivity index (χ2v) is 8.02. The van der Waals surface area contributed by atoms with E-state index in [1.54, 1.807) is 24.3 Å². The molecule has 1 aliphatic heterocycles. The van der Waals surface area contributed by atoms with Crippen LogP contribution in [0.5, 0.6) is 11.5 Å². The van der Waals surface area contributed by atoms with Gasteiger partial charge in [0, 0.05) is 22.4 Å². The fraction of sp³-hybridized carbons (Fsp3) is 0.174. The SMILES string of the molecule is CC(=O)c1ccc(C(=O)Nc2sc(Cc3ccc4c(c3)OCO4)c(C)c2C#N)cc1. The lowest BCUT2D eigenvalue weighted by Gasteiger charge is -2.04. The average Bonchev–Trinajstić information content (AvgIpc) is 3.32. The predicted octanol–water partition coefficient (Wildman–Crippen LogP) is 4.70. The van der Waals surface area contributed by atoms with E-state index >= 15 is 0 Å². The Morgan fingerprint density at radius 1 is 1.10 bits per heavy atom. The molecule has 7 heteroatoms. The number of Topliss-reactive ketones (excluding diaryl/α,β-unsaturated/α-hetero) is 1. The highest BCUT2D eigenvalue weighted by Crippen LogP contribution is 2.37. The molecule has 0 saturated heterocycles. The number of carbonyl (C=O) groups is 2. The van der Waals surface area contributed by atoms with Crippen LogP contribution >= 0.6 is 11.3 Å². The van der Waals surface area contributed by atoms with E-state index in [0.717, 1.165) is 21.8 Å². The number of hydrogen-bond acceptors (Lipinski definition) is 6. The third kappa shape index (κ3) is 3.78. The summed E-state index contributed by atoms with van der Waals surface area (Å²) < 4.78 is 10.8. The third-order valence-electron chi connectivity index (χ3n) is 4.94. The lowest BCUT2D eigenvalue weighted by molar-refractivity contribution is 0.101. The molecule has 0 unspecified atom stereocenters. The van der Waals surface area contributed by atoms with Crippen LogP contribution in [-0.4, -0.2) is 18.5 Å². The van der Waals surface area contributed by atoms with Crippen molar-refractivity contribution in [3.63, 3.8) is 0 Å². The molecule has 1 aromatic heterocycles. The zero-order valence-electron chi connectivity index (χ0n) is 16.4. The Morgan fingerprint density at radius 3 is 2.50 bits per heavy atom. The minimum atomic E-state index is -0.322. The number of ketones is 1. The normalized spacial score (nSPS) is 11.8. The van der Waals surface area contributed by atoms with Gasteiger partial charge in [0.15, 0.2) is 17.3 Å². The Morgan fingerprint density at radius 2 is 1.80 bits per heavy atom. The molecule has 0 saturated carbocycles. The number of rotatable bonds is 5. The maximum Gasteiger partial charge on any atom is 0.256 e. The van der Waals surface area contributed by atoms with Gasteiger partial charge in [-0.2, -0.15) is 5.26 Å². The monoisotopic (exact) mass is 418 g/mol. The van der Waals surface area contributed by atoms with Crippen LogP contribution in [0.25, 0.3) is 0 Å². The molecule has 6 nitrogen and oxygen atoms in total. The highest BCUT2D eigenvalue weighted by atomic mass is 32.1. The molecule has 4 rings (SSSR count). The summed E-state index contributed by atoms with van der Waals surface area (Å²) in [6.07, 6.45) is 0.616. The van der Waals surface area contributed by atoms with Gasteiger partial charge in [-0.1, -0.05) is 18.2 Å². The maximum absolute atomic E-state index is 12.6. The Hall–Kier alpha value is -3.63. The Balaban J connectivity index is 1.56. The number of nitriles is 1. The standard InChI is InChI=1S/C23H18N2O4S/c1-13-18(11-24)23(25-22(27)17-6-4-16(5-7-17)14(2)26)30-21(13)10-15-3-8-19-20(9-15)29-12-28-19/h3-9H,10,12H2,1-2H3,(H,25,27). The number of benzene rings is 2. The van der Waals surface area contributed by atoms with Crippen LogP contribution in [-0.2, 0) is 6.42 Å². The number of amides is 1. The van der Waals surface area contributed by atoms with Crippen LogP contribution < -0.4 is 14.8 Å². The van der Waals surface area contributed by atoms with E-state index in [2.05, 4.69) is 11.4 Å². The minimum Gasteiger partial charge on any atom is -0.454 e. The first-order valence-electron chi connectivity index (χ1n) is 9.29. The van der Waals surface area contributed by atoms with E-state index in [0.29, 0.717) is 33.9 Å². The summed E-state index contributed by atoms with van der Waals surface area (Å²) in [6, 6.07) is 14.4. The molecule has 1 aliphatic rings. The molecule has 1 N–H and O–H groups in total.